The molecule has 0 saturated heterocycles. The molecule has 0 aromatic heterocycles. The largest absolute Gasteiger partial charge is 0.427 e. The second-order valence-electron chi connectivity index (χ2n) is 6.87. The minimum absolute atomic E-state index is 0.0521. The Balaban J connectivity index is 2.43. The molecular formula is C22H22O3. The van der Waals surface area contributed by atoms with E-state index in [0.29, 0.717) is 11.7 Å². The van der Waals surface area contributed by atoms with Crippen LogP contribution in [0.4, 0.5) is 0 Å². The third kappa shape index (κ3) is 3.14. The fourth-order valence-electron chi connectivity index (χ4n) is 3.30. The van der Waals surface area contributed by atoms with Crippen molar-refractivity contribution in [3.63, 3.8) is 0 Å². The Morgan fingerprint density at radius 3 is 2.20 bits per heavy atom. The highest BCUT2D eigenvalue weighted by atomic mass is 16.5. The van der Waals surface area contributed by atoms with Crippen molar-refractivity contribution in [1.82, 2.24) is 0 Å². The molecule has 0 heterocycles. The molecule has 0 spiro atoms. The summed E-state index contributed by atoms with van der Waals surface area (Å²) in [6.07, 6.45) is 0. The van der Waals surface area contributed by atoms with Crippen molar-refractivity contribution in [3.05, 3.63) is 53.1 Å². The average molecular weight is 334 g/mol. The van der Waals surface area contributed by atoms with Gasteiger partial charge in [-0.2, -0.15) is 0 Å². The van der Waals surface area contributed by atoms with Gasteiger partial charge >= 0.3 is 5.97 Å². The first-order chi connectivity index (χ1) is 11.8. The number of fused-ring (bicyclic) bond motifs is 3. The van der Waals surface area contributed by atoms with Crippen molar-refractivity contribution >= 4 is 33.3 Å². The van der Waals surface area contributed by atoms with E-state index in [4.69, 9.17) is 4.74 Å². The summed E-state index contributed by atoms with van der Waals surface area (Å²) in [6.45, 7) is 9.24. The van der Waals surface area contributed by atoms with E-state index in [9.17, 15) is 9.59 Å². The number of aryl methyl sites for hydroxylation is 1. The number of rotatable bonds is 3. The van der Waals surface area contributed by atoms with Crippen molar-refractivity contribution in [2.45, 2.75) is 40.5 Å². The lowest BCUT2D eigenvalue weighted by Crippen LogP contribution is -2.02. The van der Waals surface area contributed by atoms with Crippen LogP contribution in [-0.2, 0) is 4.79 Å². The highest BCUT2D eigenvalue weighted by Crippen LogP contribution is 2.35. The normalized spacial score (nSPS) is 11.3. The molecule has 0 atom stereocenters. The maximum atomic E-state index is 12.2. The Bertz CT molecular complexity index is 1010. The van der Waals surface area contributed by atoms with Crippen LogP contribution in [0.25, 0.3) is 21.5 Å². The van der Waals surface area contributed by atoms with Crippen LogP contribution in [0.5, 0.6) is 5.75 Å². The van der Waals surface area contributed by atoms with Crippen molar-refractivity contribution in [2.24, 2.45) is 0 Å². The molecule has 0 aliphatic rings. The second-order valence-corrected chi connectivity index (χ2v) is 6.87. The van der Waals surface area contributed by atoms with Gasteiger partial charge in [0.15, 0.2) is 5.78 Å². The Morgan fingerprint density at radius 2 is 1.60 bits per heavy atom. The second kappa shape index (κ2) is 6.32. The summed E-state index contributed by atoms with van der Waals surface area (Å²) in [4.78, 5) is 23.6. The molecular weight excluding hydrogens is 312 g/mol. The summed E-state index contributed by atoms with van der Waals surface area (Å²) < 4.78 is 5.29. The Morgan fingerprint density at radius 1 is 0.880 bits per heavy atom. The van der Waals surface area contributed by atoms with Gasteiger partial charge in [-0.05, 0) is 70.6 Å². The lowest BCUT2D eigenvalue weighted by molar-refractivity contribution is -0.131. The Hall–Kier alpha value is -2.68. The molecule has 0 unspecified atom stereocenters. The van der Waals surface area contributed by atoms with E-state index in [-0.39, 0.29) is 11.8 Å². The van der Waals surface area contributed by atoms with Gasteiger partial charge in [-0.25, -0.2) is 0 Å². The number of Topliss-reactive ketones (excluding diaryl/α,β-unsaturated/α-hetero) is 1. The minimum Gasteiger partial charge on any atom is -0.427 e. The van der Waals surface area contributed by atoms with E-state index in [1.807, 2.05) is 25.1 Å². The predicted octanol–water partition coefficient (Wildman–Crippen LogP) is 5.55. The zero-order valence-electron chi connectivity index (χ0n) is 15.3. The van der Waals surface area contributed by atoms with Gasteiger partial charge in [0, 0.05) is 12.5 Å². The number of benzene rings is 3. The van der Waals surface area contributed by atoms with Crippen LogP contribution in [0.3, 0.4) is 0 Å². The molecule has 3 aromatic carbocycles. The summed E-state index contributed by atoms with van der Waals surface area (Å²) in [7, 11) is 0. The standard InChI is InChI=1S/C22H22O3/c1-12(2)16-6-7-18-21(9-16)20(14(4)23)11-19-13(3)8-17(10-22(18)19)25-15(5)24/h6-12H,1-5H3. The van der Waals surface area contributed by atoms with Crippen LogP contribution >= 0.6 is 0 Å². The third-order valence-electron chi connectivity index (χ3n) is 4.58. The Kier molecular flexibility index (Phi) is 4.34. The number of hydrogen-bond donors (Lipinski definition) is 0. The molecule has 0 aliphatic carbocycles. The van der Waals surface area contributed by atoms with Gasteiger partial charge in [-0.3, -0.25) is 9.59 Å². The van der Waals surface area contributed by atoms with Crippen LogP contribution in [0.2, 0.25) is 0 Å². The van der Waals surface area contributed by atoms with E-state index in [0.717, 1.165) is 32.7 Å². The Labute approximate surface area is 147 Å². The van der Waals surface area contributed by atoms with Gasteiger partial charge in [0.05, 0.1) is 0 Å². The number of ether oxygens (including phenoxy) is 1. The minimum atomic E-state index is -0.342. The molecule has 3 rings (SSSR count). The maximum Gasteiger partial charge on any atom is 0.308 e. The van der Waals surface area contributed by atoms with Crippen LogP contribution in [-0.4, -0.2) is 11.8 Å². The first kappa shape index (κ1) is 17.2. The van der Waals surface area contributed by atoms with Gasteiger partial charge in [0.25, 0.3) is 0 Å². The summed E-state index contributed by atoms with van der Waals surface area (Å²) in [6, 6.07) is 11.9. The quantitative estimate of drug-likeness (QED) is 0.273. The lowest BCUT2D eigenvalue weighted by Gasteiger charge is -2.14. The zero-order chi connectivity index (χ0) is 18.3. The number of carbonyl (C=O) groups is 2. The molecule has 0 radical (unpaired) electrons. The van der Waals surface area contributed by atoms with E-state index < -0.39 is 0 Å². The molecule has 3 heteroatoms. The maximum absolute atomic E-state index is 12.2. The summed E-state index contributed by atoms with van der Waals surface area (Å²) in [5, 5.41) is 3.95. The first-order valence-corrected chi connectivity index (χ1v) is 8.48. The molecule has 0 amide bonds. The highest BCUT2D eigenvalue weighted by molar-refractivity contribution is 6.18. The van der Waals surface area contributed by atoms with E-state index >= 15 is 0 Å². The topological polar surface area (TPSA) is 43.4 Å². The fourth-order valence-corrected chi connectivity index (χ4v) is 3.30. The molecule has 0 N–H and O–H groups in total. The number of carbonyl (C=O) groups excluding carboxylic acids is 2. The third-order valence-corrected chi connectivity index (χ3v) is 4.58. The molecule has 0 bridgehead atoms. The van der Waals surface area contributed by atoms with Crippen LogP contribution < -0.4 is 4.74 Å². The molecule has 3 aromatic rings. The van der Waals surface area contributed by atoms with Crippen LogP contribution in [0.1, 0.15) is 55.1 Å². The van der Waals surface area contributed by atoms with Gasteiger partial charge in [-0.15, -0.1) is 0 Å². The van der Waals surface area contributed by atoms with Gasteiger partial charge in [0.2, 0.25) is 0 Å². The fraction of sp³-hybridized carbons (Fsp3) is 0.273. The molecule has 0 saturated carbocycles. The van der Waals surface area contributed by atoms with Crippen LogP contribution in [0, 0.1) is 6.92 Å². The van der Waals surface area contributed by atoms with E-state index in [2.05, 4.69) is 32.0 Å². The van der Waals surface area contributed by atoms with Gasteiger partial charge in [-0.1, -0.05) is 32.0 Å². The van der Waals surface area contributed by atoms with Crippen LogP contribution in [0.15, 0.2) is 36.4 Å². The molecule has 3 nitrogen and oxygen atoms in total. The van der Waals surface area contributed by atoms with E-state index in [1.165, 1.54) is 12.5 Å². The monoisotopic (exact) mass is 334 g/mol. The van der Waals surface area contributed by atoms with Gasteiger partial charge in [0.1, 0.15) is 5.75 Å². The lowest BCUT2D eigenvalue weighted by atomic mass is 9.90. The van der Waals surface area contributed by atoms with Crippen molar-refractivity contribution in [2.75, 3.05) is 0 Å². The molecule has 0 aliphatic heterocycles. The highest BCUT2D eigenvalue weighted by Gasteiger charge is 2.14. The zero-order valence-corrected chi connectivity index (χ0v) is 15.3. The molecule has 25 heavy (non-hydrogen) atoms. The SMILES string of the molecule is CC(=O)Oc1cc(C)c2cc(C(C)=O)c3cc(C(C)C)ccc3c2c1. The first-order valence-electron chi connectivity index (χ1n) is 8.48. The van der Waals surface area contributed by atoms with Gasteiger partial charge < -0.3 is 4.74 Å². The summed E-state index contributed by atoms with van der Waals surface area (Å²) in [5.74, 6) is 0.623. The smallest absolute Gasteiger partial charge is 0.308 e. The number of hydrogen-bond acceptors (Lipinski definition) is 3. The number of ketones is 1. The van der Waals surface area contributed by atoms with Crippen molar-refractivity contribution in [1.29, 1.82) is 0 Å². The molecule has 128 valence electrons. The predicted molar refractivity (Wildman–Crippen MR) is 102 cm³/mol. The summed E-state index contributed by atoms with van der Waals surface area (Å²) >= 11 is 0. The van der Waals surface area contributed by atoms with Crippen molar-refractivity contribution < 1.29 is 14.3 Å². The summed E-state index contributed by atoms with van der Waals surface area (Å²) in [5.41, 5.74) is 2.90. The number of esters is 1. The van der Waals surface area contributed by atoms with Crippen molar-refractivity contribution in [3.8, 4) is 5.75 Å². The van der Waals surface area contributed by atoms with E-state index in [1.54, 1.807) is 6.92 Å². The average Bonchev–Trinajstić information content (AvgIpc) is 2.52. The molecule has 0 fully saturated rings.